The van der Waals surface area contributed by atoms with Gasteiger partial charge in [-0.05, 0) is 51.4 Å². The Bertz CT molecular complexity index is 868. The number of carbonyl (C=O) groups is 3. The van der Waals surface area contributed by atoms with Crippen LogP contribution in [0, 0.1) is 5.92 Å². The molecule has 0 spiro atoms. The summed E-state index contributed by atoms with van der Waals surface area (Å²) in [5.74, 6) is -0.404. The monoisotopic (exact) mass is 476 g/mol. The fraction of sp³-hybridized carbons (Fsp3) is 0.640. The van der Waals surface area contributed by atoms with Crippen LogP contribution in [0.5, 0.6) is 0 Å². The van der Waals surface area contributed by atoms with Gasteiger partial charge in [0.15, 0.2) is 14.1 Å². The zero-order valence-corrected chi connectivity index (χ0v) is 22.5. The van der Waals surface area contributed by atoms with E-state index in [1.807, 2.05) is 39.8 Å². The second kappa shape index (κ2) is 9.97. The lowest BCUT2D eigenvalue weighted by atomic mass is 9.82. The Morgan fingerprint density at radius 3 is 2.15 bits per heavy atom. The van der Waals surface area contributed by atoms with Crippen LogP contribution in [0.1, 0.15) is 70.8 Å². The molecule has 1 unspecified atom stereocenters. The Morgan fingerprint density at radius 2 is 1.67 bits per heavy atom. The van der Waals surface area contributed by atoms with Gasteiger partial charge >= 0.3 is 6.09 Å². The molecule has 1 fully saturated rings. The quantitative estimate of drug-likeness (QED) is 0.319. The Labute approximate surface area is 199 Å². The topological polar surface area (TPSA) is 93.7 Å². The van der Waals surface area contributed by atoms with Crippen molar-refractivity contribution in [3.05, 3.63) is 35.4 Å². The molecule has 1 aliphatic rings. The van der Waals surface area contributed by atoms with Gasteiger partial charge < -0.3 is 19.8 Å². The molecule has 8 heteroatoms. The minimum absolute atomic E-state index is 0.0313. The van der Waals surface area contributed by atoms with E-state index in [1.54, 1.807) is 12.1 Å². The number of benzene rings is 1. The van der Waals surface area contributed by atoms with Crippen molar-refractivity contribution in [2.24, 2.45) is 5.92 Å². The maximum Gasteiger partial charge on any atom is 0.407 e. The molecular weight excluding hydrogens is 436 g/mol. The van der Waals surface area contributed by atoms with Gasteiger partial charge in [0.05, 0.1) is 18.1 Å². The first-order valence-corrected chi connectivity index (χ1v) is 14.5. The van der Waals surface area contributed by atoms with Gasteiger partial charge in [-0.2, -0.15) is 0 Å². The van der Waals surface area contributed by atoms with Crippen molar-refractivity contribution in [2.75, 3.05) is 0 Å². The number of ether oxygens (including phenoxy) is 1. The van der Waals surface area contributed by atoms with Crippen molar-refractivity contribution in [2.45, 2.75) is 97.3 Å². The third-order valence-corrected chi connectivity index (χ3v) is 10.9. The van der Waals surface area contributed by atoms with Crippen LogP contribution in [-0.4, -0.2) is 43.8 Å². The number of carbonyl (C=O) groups excluding carboxylic acids is 3. The molecule has 33 heavy (non-hydrogen) atoms. The molecule has 0 bridgehead atoms. The standard InChI is InChI=1S/C25H40N2O5Si/c1-16(32-33(8,9)25(5,6)7)21-19(27-22(21)29)14-20(28)18-12-10-17(11-13-18)15-26-23(30)31-24(2,3)4/h10-13,16,19,21H,14-15H2,1-9H3,(H,26,30)(H,27,29)/t16?,19-,21-/m1/s1. The van der Waals surface area contributed by atoms with Gasteiger partial charge in [0.25, 0.3) is 0 Å². The van der Waals surface area contributed by atoms with E-state index in [4.69, 9.17) is 9.16 Å². The van der Waals surface area contributed by atoms with Gasteiger partial charge in [-0.1, -0.05) is 45.0 Å². The SMILES string of the molecule is CC(O[Si](C)(C)C(C)(C)C)[C@H]1C(=O)N[C@@H]1CC(=O)c1ccc(CNC(=O)OC(C)(C)C)cc1. The Kier molecular flexibility index (Phi) is 8.17. The van der Waals surface area contributed by atoms with Crippen molar-refractivity contribution < 1.29 is 23.5 Å². The van der Waals surface area contributed by atoms with E-state index >= 15 is 0 Å². The van der Waals surface area contributed by atoms with E-state index < -0.39 is 20.0 Å². The number of hydrogen-bond donors (Lipinski definition) is 2. The average molecular weight is 477 g/mol. The molecule has 7 nitrogen and oxygen atoms in total. The molecule has 0 saturated carbocycles. The highest BCUT2D eigenvalue weighted by Gasteiger charge is 2.47. The fourth-order valence-electron chi connectivity index (χ4n) is 3.50. The first-order valence-electron chi connectivity index (χ1n) is 11.6. The highest BCUT2D eigenvalue weighted by molar-refractivity contribution is 6.74. The molecule has 0 radical (unpaired) electrons. The summed E-state index contributed by atoms with van der Waals surface area (Å²) >= 11 is 0. The summed E-state index contributed by atoms with van der Waals surface area (Å²) in [6.07, 6.45) is -0.487. The van der Waals surface area contributed by atoms with E-state index in [0.29, 0.717) is 12.1 Å². The smallest absolute Gasteiger partial charge is 0.407 e. The summed E-state index contributed by atoms with van der Waals surface area (Å²) < 4.78 is 11.6. The predicted octanol–water partition coefficient (Wildman–Crippen LogP) is 4.81. The van der Waals surface area contributed by atoms with Crippen molar-refractivity contribution in [1.82, 2.24) is 10.6 Å². The number of hydrogen-bond acceptors (Lipinski definition) is 5. The fourth-order valence-corrected chi connectivity index (χ4v) is 4.93. The summed E-state index contributed by atoms with van der Waals surface area (Å²) in [5, 5.41) is 5.63. The number of ketones is 1. The van der Waals surface area contributed by atoms with Crippen molar-refractivity contribution >= 4 is 26.1 Å². The van der Waals surface area contributed by atoms with E-state index in [-0.39, 0.29) is 41.2 Å². The van der Waals surface area contributed by atoms with Crippen LogP contribution < -0.4 is 10.6 Å². The van der Waals surface area contributed by atoms with Gasteiger partial charge in [-0.15, -0.1) is 0 Å². The number of rotatable bonds is 8. The zero-order valence-electron chi connectivity index (χ0n) is 21.5. The summed E-state index contributed by atoms with van der Waals surface area (Å²) in [4.78, 5) is 36.9. The Balaban J connectivity index is 1.92. The average Bonchev–Trinajstić information content (AvgIpc) is 2.63. The lowest BCUT2D eigenvalue weighted by Crippen LogP contribution is -2.64. The molecule has 1 aromatic carbocycles. The third kappa shape index (κ3) is 7.40. The van der Waals surface area contributed by atoms with Crippen LogP contribution in [0.3, 0.4) is 0 Å². The van der Waals surface area contributed by atoms with Crippen LogP contribution in [-0.2, 0) is 20.5 Å². The van der Waals surface area contributed by atoms with Gasteiger partial charge in [0, 0.05) is 18.5 Å². The van der Waals surface area contributed by atoms with Crippen LogP contribution in [0.15, 0.2) is 24.3 Å². The second-order valence-corrected chi connectivity index (χ2v) is 16.2. The molecular formula is C25H40N2O5Si. The molecule has 2 amide bonds. The minimum atomic E-state index is -2.02. The maximum atomic E-state index is 12.8. The molecule has 0 aromatic heterocycles. The number of amides is 2. The van der Waals surface area contributed by atoms with Gasteiger partial charge in [0.1, 0.15) is 5.60 Å². The number of alkyl carbamates (subject to hydrolysis) is 1. The molecule has 184 valence electrons. The number of Topliss-reactive ketones (excluding diaryl/α,β-unsaturated/α-hetero) is 1. The van der Waals surface area contributed by atoms with Crippen molar-refractivity contribution in [1.29, 1.82) is 0 Å². The van der Waals surface area contributed by atoms with Gasteiger partial charge in [-0.25, -0.2) is 4.79 Å². The van der Waals surface area contributed by atoms with Crippen molar-refractivity contribution in [3.8, 4) is 0 Å². The Hall–Kier alpha value is -2.19. The minimum Gasteiger partial charge on any atom is -0.444 e. The van der Waals surface area contributed by atoms with Crippen LogP contribution in [0.2, 0.25) is 18.1 Å². The van der Waals surface area contributed by atoms with Gasteiger partial charge in [0.2, 0.25) is 5.91 Å². The van der Waals surface area contributed by atoms with Gasteiger partial charge in [-0.3, -0.25) is 9.59 Å². The van der Waals surface area contributed by atoms with Crippen molar-refractivity contribution in [3.63, 3.8) is 0 Å². The first-order chi connectivity index (χ1) is 15.0. The predicted molar refractivity (Wildman–Crippen MR) is 132 cm³/mol. The maximum absolute atomic E-state index is 12.8. The first kappa shape index (κ1) is 27.1. The molecule has 1 saturated heterocycles. The van der Waals surface area contributed by atoms with E-state index in [2.05, 4.69) is 44.5 Å². The summed E-state index contributed by atoms with van der Waals surface area (Å²) in [5.41, 5.74) is 0.889. The molecule has 0 aliphatic carbocycles. The third-order valence-electron chi connectivity index (χ3n) is 6.37. The molecule has 1 aromatic rings. The van der Waals surface area contributed by atoms with Crippen LogP contribution in [0.4, 0.5) is 4.79 Å². The molecule has 2 rings (SSSR count). The summed E-state index contributed by atoms with van der Waals surface area (Å²) in [7, 11) is -2.02. The molecule has 1 heterocycles. The summed E-state index contributed by atoms with van der Waals surface area (Å²) in [6, 6.07) is 6.90. The molecule has 1 aliphatic heterocycles. The highest BCUT2D eigenvalue weighted by atomic mass is 28.4. The normalized spacial score (nSPS) is 19.8. The lowest BCUT2D eigenvalue weighted by Gasteiger charge is -2.45. The number of nitrogens with one attached hydrogen (secondary N) is 2. The van der Waals surface area contributed by atoms with E-state index in [1.165, 1.54) is 0 Å². The second-order valence-electron chi connectivity index (χ2n) is 11.4. The summed E-state index contributed by atoms with van der Waals surface area (Å²) in [6.45, 7) is 18.5. The Morgan fingerprint density at radius 1 is 1.09 bits per heavy atom. The molecule has 2 N–H and O–H groups in total. The molecule has 3 atom stereocenters. The number of β-lactam (4-membered cyclic amide) rings is 1. The lowest BCUT2D eigenvalue weighted by molar-refractivity contribution is -0.139. The van der Waals surface area contributed by atoms with Crippen LogP contribution in [0.25, 0.3) is 0 Å². The zero-order chi connectivity index (χ0) is 25.2. The van der Waals surface area contributed by atoms with Crippen LogP contribution >= 0.6 is 0 Å². The highest BCUT2D eigenvalue weighted by Crippen LogP contribution is 2.39. The largest absolute Gasteiger partial charge is 0.444 e. The van der Waals surface area contributed by atoms with E-state index in [0.717, 1.165) is 5.56 Å². The van der Waals surface area contributed by atoms with E-state index in [9.17, 15) is 14.4 Å².